The molecule has 0 saturated heterocycles. The molecule has 0 amide bonds. The molecular weight excluding hydrogens is 188 g/mol. The highest BCUT2D eigenvalue weighted by atomic mass is 16.3. The quantitative estimate of drug-likeness (QED) is 0.747. The fourth-order valence-electron chi connectivity index (χ4n) is 1.51. The van der Waals surface area contributed by atoms with Crippen molar-refractivity contribution in [1.29, 1.82) is 0 Å². The van der Waals surface area contributed by atoms with Crippen LogP contribution in [-0.2, 0) is 6.61 Å². The summed E-state index contributed by atoms with van der Waals surface area (Å²) in [5.41, 5.74) is 1.83. The number of hydrogen-bond donors (Lipinski definition) is 1. The minimum Gasteiger partial charge on any atom is -0.392 e. The molecule has 0 aliphatic rings. The van der Waals surface area contributed by atoms with E-state index < -0.39 is 0 Å². The Balaban J connectivity index is 3.00. The number of rotatable bonds is 5. The Labute approximate surface area is 91.1 Å². The number of pyridine rings is 1. The molecule has 0 saturated carbocycles. The highest BCUT2D eigenvalue weighted by Crippen LogP contribution is 2.14. The van der Waals surface area contributed by atoms with Crippen LogP contribution >= 0.6 is 0 Å². The third-order valence-corrected chi connectivity index (χ3v) is 2.24. The predicted molar refractivity (Wildman–Crippen MR) is 63.0 cm³/mol. The van der Waals surface area contributed by atoms with E-state index in [1.165, 1.54) is 0 Å². The standard InChI is InChI=1S/C12H18N2O/c1-4-6-14(5-2)12-8-11(9-15)7-10(3)13-12/h4,7-8,15H,1,5-6,9H2,2-3H3. The summed E-state index contributed by atoms with van der Waals surface area (Å²) in [6.45, 7) is 9.45. The third-order valence-electron chi connectivity index (χ3n) is 2.24. The van der Waals surface area contributed by atoms with Crippen molar-refractivity contribution in [3.05, 3.63) is 36.0 Å². The molecule has 0 unspecified atom stereocenters. The molecule has 0 radical (unpaired) electrons. The second kappa shape index (κ2) is 5.51. The Morgan fingerprint density at radius 1 is 1.53 bits per heavy atom. The van der Waals surface area contributed by atoms with Crippen LogP contribution in [0.25, 0.3) is 0 Å². The summed E-state index contributed by atoms with van der Waals surface area (Å²) in [4.78, 5) is 6.55. The molecule has 15 heavy (non-hydrogen) atoms. The van der Waals surface area contributed by atoms with Gasteiger partial charge in [-0.25, -0.2) is 4.98 Å². The molecule has 0 fully saturated rings. The van der Waals surface area contributed by atoms with Gasteiger partial charge in [0.2, 0.25) is 0 Å². The molecule has 1 rings (SSSR count). The van der Waals surface area contributed by atoms with Gasteiger partial charge in [-0.05, 0) is 31.5 Å². The van der Waals surface area contributed by atoms with Crippen LogP contribution in [0.3, 0.4) is 0 Å². The smallest absolute Gasteiger partial charge is 0.129 e. The highest BCUT2D eigenvalue weighted by molar-refractivity contribution is 5.43. The third kappa shape index (κ3) is 3.06. The largest absolute Gasteiger partial charge is 0.392 e. The Bertz CT molecular complexity index is 336. The van der Waals surface area contributed by atoms with Gasteiger partial charge in [0.05, 0.1) is 6.61 Å². The first kappa shape index (κ1) is 11.7. The summed E-state index contributed by atoms with van der Waals surface area (Å²) in [7, 11) is 0. The van der Waals surface area contributed by atoms with E-state index in [0.717, 1.165) is 30.2 Å². The number of likely N-dealkylation sites (N-methyl/N-ethyl adjacent to an activating group) is 1. The molecular formula is C12H18N2O. The molecule has 82 valence electrons. The van der Waals surface area contributed by atoms with Crippen LogP contribution < -0.4 is 4.90 Å². The Hall–Kier alpha value is -1.35. The van der Waals surface area contributed by atoms with Crippen LogP contribution in [-0.4, -0.2) is 23.2 Å². The fraction of sp³-hybridized carbons (Fsp3) is 0.417. The van der Waals surface area contributed by atoms with Crippen molar-refractivity contribution < 1.29 is 5.11 Å². The van der Waals surface area contributed by atoms with Crippen molar-refractivity contribution in [2.75, 3.05) is 18.0 Å². The summed E-state index contributed by atoms with van der Waals surface area (Å²) in [5, 5.41) is 9.10. The average Bonchev–Trinajstić information content (AvgIpc) is 2.24. The molecule has 3 heteroatoms. The first-order valence-electron chi connectivity index (χ1n) is 5.15. The monoisotopic (exact) mass is 206 g/mol. The number of anilines is 1. The number of hydrogen-bond acceptors (Lipinski definition) is 3. The van der Waals surface area contributed by atoms with E-state index in [1.807, 2.05) is 25.1 Å². The van der Waals surface area contributed by atoms with Gasteiger partial charge in [0.1, 0.15) is 5.82 Å². The van der Waals surface area contributed by atoms with Gasteiger partial charge in [-0.3, -0.25) is 0 Å². The number of aliphatic hydroxyl groups excluding tert-OH is 1. The van der Waals surface area contributed by atoms with Gasteiger partial charge in [0, 0.05) is 18.8 Å². The molecule has 0 atom stereocenters. The maximum Gasteiger partial charge on any atom is 0.129 e. The molecule has 1 aromatic rings. The maximum atomic E-state index is 9.10. The van der Waals surface area contributed by atoms with E-state index in [1.54, 1.807) is 0 Å². The minimum absolute atomic E-state index is 0.0575. The van der Waals surface area contributed by atoms with Crippen LogP contribution in [0.15, 0.2) is 24.8 Å². The van der Waals surface area contributed by atoms with E-state index in [0.29, 0.717) is 0 Å². The molecule has 1 heterocycles. The lowest BCUT2D eigenvalue weighted by Gasteiger charge is -2.21. The second-order valence-electron chi connectivity index (χ2n) is 3.46. The Morgan fingerprint density at radius 2 is 2.27 bits per heavy atom. The van der Waals surface area contributed by atoms with E-state index in [4.69, 9.17) is 5.11 Å². The van der Waals surface area contributed by atoms with Crippen LogP contribution in [0, 0.1) is 6.92 Å². The fourth-order valence-corrected chi connectivity index (χ4v) is 1.51. The normalized spacial score (nSPS) is 10.1. The molecule has 0 aliphatic heterocycles. The molecule has 0 aromatic carbocycles. The van der Waals surface area contributed by atoms with Crippen molar-refractivity contribution in [2.24, 2.45) is 0 Å². The zero-order valence-corrected chi connectivity index (χ0v) is 9.40. The lowest BCUT2D eigenvalue weighted by molar-refractivity contribution is 0.281. The molecule has 3 nitrogen and oxygen atoms in total. The lowest BCUT2D eigenvalue weighted by Crippen LogP contribution is -2.23. The van der Waals surface area contributed by atoms with Crippen molar-refractivity contribution in [1.82, 2.24) is 4.98 Å². The SMILES string of the molecule is C=CCN(CC)c1cc(CO)cc(C)n1. The van der Waals surface area contributed by atoms with E-state index in [2.05, 4.69) is 23.4 Å². The van der Waals surface area contributed by atoms with Crippen molar-refractivity contribution in [3.63, 3.8) is 0 Å². The number of aromatic nitrogens is 1. The molecule has 0 spiro atoms. The van der Waals surface area contributed by atoms with Crippen LogP contribution in [0.4, 0.5) is 5.82 Å². The summed E-state index contributed by atoms with van der Waals surface area (Å²) in [5.74, 6) is 0.904. The maximum absolute atomic E-state index is 9.10. The first-order valence-corrected chi connectivity index (χ1v) is 5.15. The Morgan fingerprint density at radius 3 is 2.80 bits per heavy atom. The van der Waals surface area contributed by atoms with Crippen LogP contribution in [0.1, 0.15) is 18.2 Å². The summed E-state index contributed by atoms with van der Waals surface area (Å²) >= 11 is 0. The van der Waals surface area contributed by atoms with E-state index in [9.17, 15) is 0 Å². The highest BCUT2D eigenvalue weighted by Gasteiger charge is 2.05. The van der Waals surface area contributed by atoms with Gasteiger partial charge >= 0.3 is 0 Å². The van der Waals surface area contributed by atoms with Crippen LogP contribution in [0.2, 0.25) is 0 Å². The molecule has 1 aromatic heterocycles. The number of aryl methyl sites for hydroxylation is 1. The van der Waals surface area contributed by atoms with Crippen molar-refractivity contribution in [3.8, 4) is 0 Å². The Kier molecular flexibility index (Phi) is 4.31. The van der Waals surface area contributed by atoms with Gasteiger partial charge in [0.25, 0.3) is 0 Å². The first-order chi connectivity index (χ1) is 7.21. The summed E-state index contributed by atoms with van der Waals surface area (Å²) in [6, 6.07) is 3.81. The zero-order chi connectivity index (χ0) is 11.3. The second-order valence-corrected chi connectivity index (χ2v) is 3.46. The number of nitrogens with zero attached hydrogens (tertiary/aromatic N) is 2. The minimum atomic E-state index is 0.0575. The van der Waals surface area contributed by atoms with E-state index in [-0.39, 0.29) is 6.61 Å². The van der Waals surface area contributed by atoms with Gasteiger partial charge in [-0.15, -0.1) is 6.58 Å². The molecule has 0 bridgehead atoms. The lowest BCUT2D eigenvalue weighted by atomic mass is 10.2. The van der Waals surface area contributed by atoms with Crippen molar-refractivity contribution >= 4 is 5.82 Å². The van der Waals surface area contributed by atoms with E-state index >= 15 is 0 Å². The van der Waals surface area contributed by atoms with Gasteiger partial charge in [-0.1, -0.05) is 6.08 Å². The van der Waals surface area contributed by atoms with Gasteiger partial charge < -0.3 is 10.0 Å². The van der Waals surface area contributed by atoms with Gasteiger partial charge in [-0.2, -0.15) is 0 Å². The summed E-state index contributed by atoms with van der Waals surface area (Å²) in [6.07, 6.45) is 1.85. The summed E-state index contributed by atoms with van der Waals surface area (Å²) < 4.78 is 0. The topological polar surface area (TPSA) is 36.4 Å². The predicted octanol–water partition coefficient (Wildman–Crippen LogP) is 1.89. The average molecular weight is 206 g/mol. The zero-order valence-electron chi connectivity index (χ0n) is 9.40. The molecule has 0 aliphatic carbocycles. The number of aliphatic hydroxyl groups is 1. The molecule has 1 N–H and O–H groups in total. The van der Waals surface area contributed by atoms with Crippen LogP contribution in [0.5, 0.6) is 0 Å². The van der Waals surface area contributed by atoms with Crippen molar-refractivity contribution in [2.45, 2.75) is 20.5 Å². The van der Waals surface area contributed by atoms with Gasteiger partial charge in [0.15, 0.2) is 0 Å².